The van der Waals surface area contributed by atoms with Gasteiger partial charge in [-0.25, -0.2) is 14.8 Å². The Balaban J connectivity index is 1.81. The van der Waals surface area contributed by atoms with Crippen molar-refractivity contribution in [1.29, 1.82) is 0 Å². The second-order valence-electron chi connectivity index (χ2n) is 6.96. The summed E-state index contributed by atoms with van der Waals surface area (Å²) in [5.74, 6) is 0.816. The average molecular weight is 402 g/mol. The van der Waals surface area contributed by atoms with Crippen molar-refractivity contribution in [3.63, 3.8) is 0 Å². The van der Waals surface area contributed by atoms with E-state index in [1.807, 2.05) is 13.1 Å². The normalized spacial score (nSPS) is 23.0. The lowest BCUT2D eigenvalue weighted by Crippen LogP contribution is -2.27. The zero-order valence-electron chi connectivity index (χ0n) is 14.0. The van der Waals surface area contributed by atoms with Crippen molar-refractivity contribution in [2.24, 2.45) is 5.92 Å². The lowest BCUT2D eigenvalue weighted by Gasteiger charge is -2.29. The first-order valence-electron chi connectivity index (χ1n) is 8.64. The molecule has 1 saturated carbocycles. The van der Waals surface area contributed by atoms with Gasteiger partial charge in [0.15, 0.2) is 5.82 Å². The minimum absolute atomic E-state index is 0.0512. The number of hydrogen-bond donors (Lipinski definition) is 1. The van der Waals surface area contributed by atoms with Gasteiger partial charge in [0.05, 0.1) is 16.1 Å². The van der Waals surface area contributed by atoms with Crippen molar-refractivity contribution in [3.05, 3.63) is 52.0 Å². The monoisotopic (exact) mass is 401 g/mol. The van der Waals surface area contributed by atoms with Gasteiger partial charge in [-0.2, -0.15) is 0 Å². The highest BCUT2D eigenvalue weighted by molar-refractivity contribution is 9.10. The summed E-state index contributed by atoms with van der Waals surface area (Å²) < 4.78 is 0.861. The fraction of sp³-hybridized carbons (Fsp3) is 0.421. The molecule has 130 valence electrons. The highest BCUT2D eigenvalue weighted by Crippen LogP contribution is 2.54. The van der Waals surface area contributed by atoms with Crippen LogP contribution < -0.4 is 4.90 Å². The van der Waals surface area contributed by atoms with E-state index >= 15 is 0 Å². The number of carbonyl (C=O) groups is 1. The third kappa shape index (κ3) is 2.82. The fourth-order valence-corrected chi connectivity index (χ4v) is 4.67. The van der Waals surface area contributed by atoms with E-state index in [0.717, 1.165) is 16.0 Å². The van der Waals surface area contributed by atoms with E-state index < -0.39 is 5.97 Å². The van der Waals surface area contributed by atoms with Gasteiger partial charge in [-0.3, -0.25) is 0 Å². The maximum absolute atomic E-state index is 11.4. The van der Waals surface area contributed by atoms with Gasteiger partial charge in [0, 0.05) is 31.0 Å². The summed E-state index contributed by atoms with van der Waals surface area (Å²) in [6.07, 6.45) is 8.53. The minimum atomic E-state index is -0.892. The van der Waals surface area contributed by atoms with Gasteiger partial charge >= 0.3 is 5.97 Å². The molecule has 0 bridgehead atoms. The van der Waals surface area contributed by atoms with Crippen LogP contribution in [0, 0.1) is 5.92 Å². The number of anilines is 1. The highest BCUT2D eigenvalue weighted by atomic mass is 79.9. The third-order valence-corrected chi connectivity index (χ3v) is 6.00. The Morgan fingerprint density at radius 1 is 1.24 bits per heavy atom. The third-order valence-electron chi connectivity index (χ3n) is 5.59. The number of aromatic carboxylic acids is 1. The maximum Gasteiger partial charge on any atom is 0.335 e. The van der Waals surface area contributed by atoms with E-state index in [1.54, 1.807) is 24.5 Å². The van der Waals surface area contributed by atoms with Gasteiger partial charge in [-0.1, -0.05) is 18.9 Å². The number of likely N-dealkylation sites (N-methyl/N-ethyl adjacent to an activating group) is 1. The Bertz CT molecular complexity index is 803. The molecule has 5 nitrogen and oxygen atoms in total. The van der Waals surface area contributed by atoms with Gasteiger partial charge in [-0.15, -0.1) is 0 Å². The van der Waals surface area contributed by atoms with Crippen LogP contribution in [0.1, 0.15) is 59.4 Å². The summed E-state index contributed by atoms with van der Waals surface area (Å²) in [4.78, 5) is 22.7. The molecule has 2 atom stereocenters. The molecule has 2 unspecified atom stereocenters. The molecular formula is C19H20BrN3O2. The molecule has 1 aromatic heterocycles. The average Bonchev–Trinajstić information content (AvgIpc) is 3.22. The van der Waals surface area contributed by atoms with Crippen LogP contribution in [0.4, 0.5) is 5.69 Å². The number of carboxylic acids is 1. The molecule has 0 spiro atoms. The van der Waals surface area contributed by atoms with Crippen molar-refractivity contribution in [1.82, 2.24) is 9.97 Å². The molecule has 2 aliphatic rings. The van der Waals surface area contributed by atoms with Gasteiger partial charge in [0.25, 0.3) is 0 Å². The van der Waals surface area contributed by atoms with Gasteiger partial charge in [0.1, 0.15) is 0 Å². The Morgan fingerprint density at radius 3 is 2.56 bits per heavy atom. The Kier molecular flexibility index (Phi) is 4.23. The molecule has 2 aromatic rings. The Morgan fingerprint density at radius 2 is 1.92 bits per heavy atom. The first-order chi connectivity index (χ1) is 12.1. The van der Waals surface area contributed by atoms with E-state index in [0.29, 0.717) is 17.4 Å². The van der Waals surface area contributed by atoms with Crippen LogP contribution >= 0.6 is 15.9 Å². The minimum Gasteiger partial charge on any atom is -0.478 e. The van der Waals surface area contributed by atoms with E-state index in [4.69, 9.17) is 0 Å². The maximum atomic E-state index is 11.4. The quantitative estimate of drug-likeness (QED) is 0.824. The Hall–Kier alpha value is -1.95. The van der Waals surface area contributed by atoms with E-state index in [-0.39, 0.29) is 6.04 Å². The van der Waals surface area contributed by atoms with E-state index in [9.17, 15) is 9.90 Å². The molecule has 0 saturated heterocycles. The summed E-state index contributed by atoms with van der Waals surface area (Å²) in [5, 5.41) is 9.34. The lowest BCUT2D eigenvalue weighted by atomic mass is 9.81. The van der Waals surface area contributed by atoms with Crippen LogP contribution in [-0.2, 0) is 0 Å². The number of benzene rings is 1. The van der Waals surface area contributed by atoms with Crippen LogP contribution in [0.3, 0.4) is 0 Å². The van der Waals surface area contributed by atoms with Crippen LogP contribution in [0.5, 0.6) is 0 Å². The van der Waals surface area contributed by atoms with Gasteiger partial charge in [-0.05, 0) is 52.4 Å². The van der Waals surface area contributed by atoms with Crippen molar-refractivity contribution in [2.45, 2.75) is 37.6 Å². The van der Waals surface area contributed by atoms with E-state index in [2.05, 4.69) is 30.8 Å². The summed E-state index contributed by atoms with van der Waals surface area (Å²) >= 11 is 3.40. The molecule has 25 heavy (non-hydrogen) atoms. The number of fused-ring (bicyclic) bond motifs is 1. The molecular weight excluding hydrogens is 382 g/mol. The van der Waals surface area contributed by atoms with Crippen molar-refractivity contribution < 1.29 is 9.90 Å². The SMILES string of the molecule is CN1c2cc(C(=O)O)ccc2C(C2CCCC2)C1c1ncc(Br)cn1. The van der Waals surface area contributed by atoms with Crippen molar-refractivity contribution in [3.8, 4) is 0 Å². The second kappa shape index (κ2) is 6.41. The zero-order chi connectivity index (χ0) is 17.6. The molecule has 2 heterocycles. The van der Waals surface area contributed by atoms with Crippen molar-refractivity contribution >= 4 is 27.6 Å². The molecule has 0 amide bonds. The van der Waals surface area contributed by atoms with Crippen LogP contribution in [0.15, 0.2) is 35.1 Å². The molecule has 1 fully saturated rings. The second-order valence-corrected chi connectivity index (χ2v) is 7.88. The largest absolute Gasteiger partial charge is 0.478 e. The van der Waals surface area contributed by atoms with Gasteiger partial charge < -0.3 is 10.0 Å². The van der Waals surface area contributed by atoms with E-state index in [1.165, 1.54) is 31.2 Å². The highest BCUT2D eigenvalue weighted by Gasteiger charge is 2.44. The summed E-state index contributed by atoms with van der Waals surface area (Å²) in [6, 6.07) is 5.56. The number of hydrogen-bond acceptors (Lipinski definition) is 4. The number of aromatic nitrogens is 2. The molecule has 1 aliphatic carbocycles. The summed E-state index contributed by atoms with van der Waals surface area (Å²) in [5.41, 5.74) is 2.55. The fourth-order valence-electron chi connectivity index (χ4n) is 4.46. The smallest absolute Gasteiger partial charge is 0.335 e. The first kappa shape index (κ1) is 16.5. The standard InChI is InChI=1S/C19H20BrN3O2/c1-23-15-8-12(19(24)25)6-7-14(15)16(11-4-2-3-5-11)17(23)18-21-9-13(20)10-22-18/h6-11,16-17H,2-5H2,1H3,(H,24,25). The molecule has 0 radical (unpaired) electrons. The zero-order valence-corrected chi connectivity index (χ0v) is 15.6. The molecule has 6 heteroatoms. The summed E-state index contributed by atoms with van der Waals surface area (Å²) in [6.45, 7) is 0. The molecule has 4 rings (SSSR count). The molecule has 1 N–H and O–H groups in total. The number of halogens is 1. The van der Waals surface area contributed by atoms with Crippen LogP contribution in [-0.4, -0.2) is 28.1 Å². The number of rotatable bonds is 3. The predicted octanol–water partition coefficient (Wildman–Crippen LogP) is 4.40. The predicted molar refractivity (Wildman–Crippen MR) is 99.0 cm³/mol. The molecule has 1 aromatic carbocycles. The molecule has 1 aliphatic heterocycles. The first-order valence-corrected chi connectivity index (χ1v) is 9.43. The van der Waals surface area contributed by atoms with Crippen molar-refractivity contribution in [2.75, 3.05) is 11.9 Å². The topological polar surface area (TPSA) is 66.3 Å². The van der Waals surface area contributed by atoms with Gasteiger partial charge in [0.2, 0.25) is 0 Å². The van der Waals surface area contributed by atoms with Crippen LogP contribution in [0.25, 0.3) is 0 Å². The Labute approximate surface area is 155 Å². The summed E-state index contributed by atoms with van der Waals surface area (Å²) in [7, 11) is 2.02. The number of carboxylic acid groups (broad SMARTS) is 1. The number of nitrogens with zero attached hydrogens (tertiary/aromatic N) is 3. The lowest BCUT2D eigenvalue weighted by molar-refractivity contribution is 0.0697. The van der Waals surface area contributed by atoms with Crippen LogP contribution in [0.2, 0.25) is 0 Å².